The lowest BCUT2D eigenvalue weighted by Crippen LogP contribution is -2.58. The zero-order valence-electron chi connectivity index (χ0n) is 21.3. The van der Waals surface area contributed by atoms with Crippen LogP contribution in [0, 0.1) is 11.7 Å². The van der Waals surface area contributed by atoms with E-state index in [9.17, 15) is 18.8 Å². The highest BCUT2D eigenvalue weighted by Crippen LogP contribution is 2.33. The molecule has 0 radical (unpaired) electrons. The molecule has 3 amide bonds. The molecule has 0 unspecified atom stereocenters. The van der Waals surface area contributed by atoms with Gasteiger partial charge in [0.1, 0.15) is 17.7 Å². The van der Waals surface area contributed by atoms with Gasteiger partial charge in [0.2, 0.25) is 11.8 Å². The van der Waals surface area contributed by atoms with Crippen LogP contribution >= 0.6 is 0 Å². The third kappa shape index (κ3) is 6.35. The summed E-state index contributed by atoms with van der Waals surface area (Å²) in [5.41, 5.74) is 1.41. The molecule has 1 aliphatic carbocycles. The highest BCUT2D eigenvalue weighted by atomic mass is 19.1. The minimum atomic E-state index is -0.513. The Hall–Kier alpha value is -3.82. The Kier molecular flexibility index (Phi) is 7.67. The monoisotopic (exact) mass is 525 g/mol. The lowest BCUT2D eigenvalue weighted by Gasteiger charge is -2.39. The zero-order valence-corrected chi connectivity index (χ0v) is 21.3. The van der Waals surface area contributed by atoms with Gasteiger partial charge in [0, 0.05) is 44.5 Å². The van der Waals surface area contributed by atoms with E-state index in [4.69, 9.17) is 14.2 Å². The Balaban J connectivity index is 1.40. The van der Waals surface area contributed by atoms with Gasteiger partial charge in [0.15, 0.2) is 18.1 Å². The third-order valence-corrected chi connectivity index (χ3v) is 7.07. The average molecular weight is 526 g/mol. The van der Waals surface area contributed by atoms with E-state index in [0.29, 0.717) is 48.7 Å². The molecule has 2 aliphatic heterocycles. The van der Waals surface area contributed by atoms with Crippen LogP contribution in [-0.4, -0.2) is 61.6 Å². The number of nitrogens with zero attached hydrogens (tertiary/aromatic N) is 1. The molecular weight excluding hydrogens is 493 g/mol. The summed E-state index contributed by atoms with van der Waals surface area (Å²) < 4.78 is 31.8. The predicted molar refractivity (Wildman–Crippen MR) is 135 cm³/mol. The smallest absolute Gasteiger partial charge is 0.258 e. The van der Waals surface area contributed by atoms with E-state index in [1.165, 1.54) is 19.2 Å². The van der Waals surface area contributed by atoms with Gasteiger partial charge in [-0.05, 0) is 54.7 Å². The van der Waals surface area contributed by atoms with Gasteiger partial charge < -0.3 is 29.7 Å². The van der Waals surface area contributed by atoms with Crippen LogP contribution in [0.5, 0.6) is 17.2 Å². The SMILES string of the molecule is COc1ccc2cc1OCC(=O)N[C@@H]1CN(C(=O)C3CC3)CC[C@H]1Oc1cc(F)cc(c1)CNC(=O)CC2. The second-order valence-electron chi connectivity index (χ2n) is 10.0. The van der Waals surface area contributed by atoms with E-state index >= 15 is 0 Å². The lowest BCUT2D eigenvalue weighted by molar-refractivity contribution is -0.136. The first-order valence-electron chi connectivity index (χ1n) is 13.0. The lowest BCUT2D eigenvalue weighted by atomic mass is 10.0. The number of aryl methyl sites for hydroxylation is 1. The van der Waals surface area contributed by atoms with Gasteiger partial charge in [-0.1, -0.05) is 6.07 Å². The van der Waals surface area contributed by atoms with Crippen molar-refractivity contribution in [3.63, 3.8) is 0 Å². The molecule has 1 saturated carbocycles. The second kappa shape index (κ2) is 11.3. The molecule has 2 atom stereocenters. The minimum Gasteiger partial charge on any atom is -0.493 e. The highest BCUT2D eigenvalue weighted by molar-refractivity contribution is 5.82. The average Bonchev–Trinajstić information content (AvgIpc) is 3.75. The maximum absolute atomic E-state index is 14.4. The number of hydrogen-bond acceptors (Lipinski definition) is 6. The number of nitrogens with one attached hydrogen (secondary N) is 2. The van der Waals surface area contributed by atoms with Gasteiger partial charge >= 0.3 is 0 Å². The summed E-state index contributed by atoms with van der Waals surface area (Å²) in [5.74, 6) is 0.292. The molecule has 3 aliphatic rings. The van der Waals surface area contributed by atoms with Crippen molar-refractivity contribution in [2.45, 2.75) is 50.8 Å². The molecule has 2 aromatic carbocycles. The normalized spacial score (nSPS) is 22.4. The fourth-order valence-corrected chi connectivity index (χ4v) is 4.89. The minimum absolute atomic E-state index is 0.0615. The molecule has 9 nitrogen and oxygen atoms in total. The molecule has 0 aromatic heterocycles. The first-order valence-corrected chi connectivity index (χ1v) is 13.0. The first-order chi connectivity index (χ1) is 18.4. The van der Waals surface area contributed by atoms with Crippen molar-refractivity contribution >= 4 is 17.7 Å². The van der Waals surface area contributed by atoms with Gasteiger partial charge in [0.25, 0.3) is 5.91 Å². The number of methoxy groups -OCH3 is 1. The van der Waals surface area contributed by atoms with E-state index in [0.717, 1.165) is 18.4 Å². The summed E-state index contributed by atoms with van der Waals surface area (Å²) >= 11 is 0. The van der Waals surface area contributed by atoms with Crippen LogP contribution in [0.2, 0.25) is 0 Å². The number of carbonyl (C=O) groups is 3. The fraction of sp³-hybridized carbons (Fsp3) is 0.464. The summed E-state index contributed by atoms with van der Waals surface area (Å²) in [6, 6.07) is 9.14. The number of piperidine rings is 1. The largest absolute Gasteiger partial charge is 0.493 e. The third-order valence-electron chi connectivity index (χ3n) is 7.07. The number of carbonyl (C=O) groups excluding carboxylic acids is 3. The summed E-state index contributed by atoms with van der Waals surface area (Å²) in [5, 5.41) is 5.80. The molecule has 2 fully saturated rings. The number of fused-ring (bicyclic) bond motifs is 5. The van der Waals surface area contributed by atoms with Crippen LogP contribution in [0.4, 0.5) is 4.39 Å². The molecule has 0 spiro atoms. The number of halogens is 1. The summed E-state index contributed by atoms with van der Waals surface area (Å²) in [6.45, 7) is 0.663. The molecule has 202 valence electrons. The fourth-order valence-electron chi connectivity index (χ4n) is 4.89. The maximum Gasteiger partial charge on any atom is 0.258 e. The summed E-state index contributed by atoms with van der Waals surface area (Å²) in [6.07, 6.45) is 2.45. The van der Waals surface area contributed by atoms with E-state index in [-0.39, 0.29) is 43.2 Å². The maximum atomic E-state index is 14.4. The van der Waals surface area contributed by atoms with Crippen LogP contribution in [0.15, 0.2) is 36.4 Å². The van der Waals surface area contributed by atoms with E-state index in [2.05, 4.69) is 10.6 Å². The number of ether oxygens (including phenoxy) is 3. The number of amides is 3. The van der Waals surface area contributed by atoms with Crippen molar-refractivity contribution in [3.8, 4) is 17.2 Å². The van der Waals surface area contributed by atoms with Gasteiger partial charge in [0.05, 0.1) is 13.2 Å². The van der Waals surface area contributed by atoms with Crippen molar-refractivity contribution in [1.82, 2.24) is 15.5 Å². The van der Waals surface area contributed by atoms with Crippen molar-refractivity contribution in [3.05, 3.63) is 53.3 Å². The van der Waals surface area contributed by atoms with Crippen molar-refractivity contribution < 1.29 is 33.0 Å². The van der Waals surface area contributed by atoms with Crippen molar-refractivity contribution in [2.24, 2.45) is 5.92 Å². The number of rotatable bonds is 2. The molecule has 38 heavy (non-hydrogen) atoms. The van der Waals surface area contributed by atoms with Crippen molar-refractivity contribution in [1.29, 1.82) is 0 Å². The topological polar surface area (TPSA) is 106 Å². The molecule has 10 heteroatoms. The van der Waals surface area contributed by atoms with E-state index in [1.807, 2.05) is 6.07 Å². The number of benzene rings is 2. The Morgan fingerprint density at radius 3 is 2.68 bits per heavy atom. The van der Waals surface area contributed by atoms with E-state index < -0.39 is 18.0 Å². The second-order valence-corrected chi connectivity index (χ2v) is 10.0. The predicted octanol–water partition coefficient (Wildman–Crippen LogP) is 2.35. The Morgan fingerprint density at radius 1 is 1.05 bits per heavy atom. The number of hydrogen-bond donors (Lipinski definition) is 2. The quantitative estimate of drug-likeness (QED) is 0.624. The van der Waals surface area contributed by atoms with Crippen LogP contribution < -0.4 is 24.8 Å². The number of likely N-dealkylation sites (tertiary alicyclic amines) is 1. The Labute approximate surface area is 220 Å². The Morgan fingerprint density at radius 2 is 1.89 bits per heavy atom. The molecule has 5 rings (SSSR count). The van der Waals surface area contributed by atoms with E-state index in [1.54, 1.807) is 23.1 Å². The van der Waals surface area contributed by atoms with Crippen molar-refractivity contribution in [2.75, 3.05) is 26.8 Å². The van der Waals surface area contributed by atoms with Crippen LogP contribution in [0.3, 0.4) is 0 Å². The van der Waals surface area contributed by atoms with Crippen LogP contribution in [0.1, 0.15) is 36.8 Å². The molecule has 2 aromatic rings. The van der Waals surface area contributed by atoms with Gasteiger partial charge in [-0.3, -0.25) is 14.4 Å². The highest BCUT2D eigenvalue weighted by Gasteiger charge is 2.39. The summed E-state index contributed by atoms with van der Waals surface area (Å²) in [4.78, 5) is 40.0. The summed E-state index contributed by atoms with van der Waals surface area (Å²) in [7, 11) is 1.51. The molecule has 4 bridgehead atoms. The molecule has 1 saturated heterocycles. The molecule has 2 heterocycles. The van der Waals surface area contributed by atoms with Crippen LogP contribution in [-0.2, 0) is 27.3 Å². The van der Waals surface area contributed by atoms with Crippen LogP contribution in [0.25, 0.3) is 0 Å². The first kappa shape index (κ1) is 25.8. The molecule has 2 N–H and O–H groups in total. The molecular formula is C28H32FN3O6. The standard InChI is InChI=1S/C28H32FN3O6/c1-36-24-6-2-17-3-7-26(33)30-14-18-10-20(29)13-21(11-18)38-23-8-9-32(28(35)19-4-5-19)15-22(23)31-27(34)16-37-25(24)12-17/h2,6,10-13,19,22-23H,3-5,7-9,14-16H2,1H3,(H,30,33)(H,31,34)/t22-,23-/m1/s1. The zero-order chi connectivity index (χ0) is 26.6. The van der Waals surface area contributed by atoms with Gasteiger partial charge in [-0.25, -0.2) is 4.39 Å². The van der Waals surface area contributed by atoms with Gasteiger partial charge in [-0.2, -0.15) is 0 Å². The Bertz CT molecular complexity index is 1220. The van der Waals surface area contributed by atoms with Gasteiger partial charge in [-0.15, -0.1) is 0 Å².